The predicted octanol–water partition coefficient (Wildman–Crippen LogP) is 2.43. The Bertz CT molecular complexity index is 1160. The van der Waals surface area contributed by atoms with Crippen molar-refractivity contribution < 1.29 is 13.2 Å². The molecule has 0 aliphatic heterocycles. The molecule has 2 heterocycles. The predicted molar refractivity (Wildman–Crippen MR) is 111 cm³/mol. The summed E-state index contributed by atoms with van der Waals surface area (Å²) in [5, 5.41) is 16.5. The highest BCUT2D eigenvalue weighted by Crippen LogP contribution is 2.27. The molecule has 0 saturated heterocycles. The second kappa shape index (κ2) is 8.23. The van der Waals surface area contributed by atoms with E-state index in [0.717, 1.165) is 11.8 Å². The SMILES string of the molecule is CNC(=O)c1nnc(Nc2cc(C)ccn2)cc1Nc1ccccc1S(C)(=O)=O. The first kappa shape index (κ1) is 20.2. The van der Waals surface area contributed by atoms with Gasteiger partial charge in [0, 0.05) is 25.6 Å². The first-order chi connectivity index (χ1) is 13.8. The van der Waals surface area contributed by atoms with Crippen molar-refractivity contribution in [2.45, 2.75) is 11.8 Å². The van der Waals surface area contributed by atoms with Crippen molar-refractivity contribution in [3.8, 4) is 0 Å². The van der Waals surface area contributed by atoms with E-state index < -0.39 is 15.7 Å². The molecule has 0 spiro atoms. The van der Waals surface area contributed by atoms with Crippen LogP contribution < -0.4 is 16.0 Å². The van der Waals surface area contributed by atoms with Crippen LogP contribution in [-0.4, -0.2) is 42.8 Å². The van der Waals surface area contributed by atoms with Crippen molar-refractivity contribution in [1.29, 1.82) is 0 Å². The van der Waals surface area contributed by atoms with Crippen LogP contribution in [0.5, 0.6) is 0 Å². The molecule has 0 fully saturated rings. The van der Waals surface area contributed by atoms with Crippen molar-refractivity contribution in [3.63, 3.8) is 0 Å². The summed E-state index contributed by atoms with van der Waals surface area (Å²) in [7, 11) is -2.01. The van der Waals surface area contributed by atoms with Gasteiger partial charge in [-0.25, -0.2) is 13.4 Å². The Hall–Kier alpha value is -3.53. The van der Waals surface area contributed by atoms with Gasteiger partial charge in [-0.15, -0.1) is 10.2 Å². The van der Waals surface area contributed by atoms with Crippen LogP contribution in [0.15, 0.2) is 53.6 Å². The standard InChI is InChI=1S/C19H20N6O3S/c1-12-8-9-21-16(10-12)23-17-11-14(18(25-24-17)19(26)20-2)22-13-6-4-5-7-15(13)29(3,27)28/h4-11H,1-3H3,(H,20,26)(H2,21,22,23,24). The minimum atomic E-state index is -3.48. The largest absolute Gasteiger partial charge is 0.354 e. The van der Waals surface area contributed by atoms with Crippen molar-refractivity contribution >= 4 is 38.8 Å². The van der Waals surface area contributed by atoms with E-state index in [0.29, 0.717) is 23.0 Å². The average molecular weight is 412 g/mol. The van der Waals surface area contributed by atoms with Crippen LogP contribution in [0.2, 0.25) is 0 Å². The lowest BCUT2D eigenvalue weighted by molar-refractivity contribution is 0.0958. The third kappa shape index (κ3) is 4.85. The number of aromatic nitrogens is 3. The number of carbonyl (C=O) groups excluding carboxylic acids is 1. The smallest absolute Gasteiger partial charge is 0.273 e. The van der Waals surface area contributed by atoms with Crippen LogP contribution in [0.1, 0.15) is 16.1 Å². The summed E-state index contributed by atoms with van der Waals surface area (Å²) in [6.07, 6.45) is 2.78. The molecular formula is C19H20N6O3S. The maximum Gasteiger partial charge on any atom is 0.273 e. The molecule has 3 N–H and O–H groups in total. The first-order valence-corrected chi connectivity index (χ1v) is 10.5. The van der Waals surface area contributed by atoms with Crippen LogP contribution in [0.4, 0.5) is 23.0 Å². The number of carbonyl (C=O) groups is 1. The molecule has 29 heavy (non-hydrogen) atoms. The van der Waals surface area contributed by atoms with Crippen molar-refractivity contribution in [3.05, 3.63) is 59.9 Å². The van der Waals surface area contributed by atoms with E-state index in [1.54, 1.807) is 30.5 Å². The van der Waals surface area contributed by atoms with Crippen LogP contribution in [-0.2, 0) is 9.84 Å². The summed E-state index contributed by atoms with van der Waals surface area (Å²) >= 11 is 0. The summed E-state index contributed by atoms with van der Waals surface area (Å²) in [6.45, 7) is 1.93. The third-order valence-electron chi connectivity index (χ3n) is 3.96. The second-order valence-electron chi connectivity index (χ2n) is 6.31. The van der Waals surface area contributed by atoms with Crippen LogP contribution in [0.25, 0.3) is 0 Å². The zero-order valence-corrected chi connectivity index (χ0v) is 16.9. The van der Waals surface area contributed by atoms with Crippen molar-refractivity contribution in [2.24, 2.45) is 0 Å². The fourth-order valence-electron chi connectivity index (χ4n) is 2.61. The normalized spacial score (nSPS) is 11.0. The number of anilines is 4. The quantitative estimate of drug-likeness (QED) is 0.564. The van der Waals surface area contributed by atoms with Gasteiger partial charge in [0.1, 0.15) is 5.82 Å². The fraction of sp³-hybridized carbons (Fsp3) is 0.158. The van der Waals surface area contributed by atoms with Crippen LogP contribution in [0, 0.1) is 6.92 Å². The molecule has 0 aliphatic carbocycles. The maximum absolute atomic E-state index is 12.2. The van der Waals surface area contributed by atoms with Crippen molar-refractivity contribution in [2.75, 3.05) is 23.9 Å². The van der Waals surface area contributed by atoms with E-state index in [2.05, 4.69) is 31.1 Å². The van der Waals surface area contributed by atoms with Gasteiger partial charge in [0.05, 0.1) is 16.3 Å². The van der Waals surface area contributed by atoms with E-state index in [1.165, 1.54) is 13.1 Å². The Kier molecular flexibility index (Phi) is 5.74. The summed E-state index contributed by atoms with van der Waals surface area (Å²) in [5.41, 5.74) is 1.66. The maximum atomic E-state index is 12.2. The monoisotopic (exact) mass is 412 g/mol. The number of aryl methyl sites for hydroxylation is 1. The number of rotatable bonds is 6. The van der Waals surface area contributed by atoms with Gasteiger partial charge in [0.2, 0.25) is 0 Å². The Morgan fingerprint density at radius 3 is 2.41 bits per heavy atom. The number of nitrogens with zero attached hydrogens (tertiary/aromatic N) is 3. The molecule has 3 aromatic rings. The summed E-state index contributed by atoms with van der Waals surface area (Å²) < 4.78 is 24.2. The molecule has 0 radical (unpaired) electrons. The molecule has 9 nitrogen and oxygen atoms in total. The topological polar surface area (TPSA) is 126 Å². The Morgan fingerprint density at radius 1 is 0.966 bits per heavy atom. The molecule has 0 saturated carbocycles. The van der Waals surface area contributed by atoms with E-state index in [1.807, 2.05) is 19.1 Å². The van der Waals surface area contributed by atoms with Gasteiger partial charge in [-0.3, -0.25) is 4.79 Å². The number of para-hydroxylation sites is 1. The van der Waals surface area contributed by atoms with E-state index >= 15 is 0 Å². The van der Waals surface area contributed by atoms with E-state index in [4.69, 9.17) is 0 Å². The van der Waals surface area contributed by atoms with Gasteiger partial charge in [0.25, 0.3) is 5.91 Å². The van der Waals surface area contributed by atoms with Gasteiger partial charge in [-0.1, -0.05) is 12.1 Å². The first-order valence-electron chi connectivity index (χ1n) is 8.63. The van der Waals surface area contributed by atoms with Crippen molar-refractivity contribution in [1.82, 2.24) is 20.5 Å². The van der Waals surface area contributed by atoms with Gasteiger partial charge in [-0.2, -0.15) is 0 Å². The van der Waals surface area contributed by atoms with E-state index in [9.17, 15) is 13.2 Å². The summed E-state index contributed by atoms with van der Waals surface area (Å²) in [4.78, 5) is 16.5. The lowest BCUT2D eigenvalue weighted by Gasteiger charge is -2.14. The zero-order valence-electron chi connectivity index (χ0n) is 16.1. The van der Waals surface area contributed by atoms with Gasteiger partial charge < -0.3 is 16.0 Å². The summed E-state index contributed by atoms with van der Waals surface area (Å²) in [6, 6.07) is 11.7. The Balaban J connectivity index is 2.03. The van der Waals surface area contributed by atoms with Crippen LogP contribution in [0.3, 0.4) is 0 Å². The minimum Gasteiger partial charge on any atom is -0.354 e. The molecule has 10 heteroatoms. The number of nitrogens with one attached hydrogen (secondary N) is 3. The Morgan fingerprint density at radius 2 is 1.72 bits per heavy atom. The highest BCUT2D eigenvalue weighted by atomic mass is 32.2. The summed E-state index contributed by atoms with van der Waals surface area (Å²) in [5.74, 6) is 0.446. The number of hydrogen-bond acceptors (Lipinski definition) is 8. The molecule has 0 aliphatic rings. The lowest BCUT2D eigenvalue weighted by Crippen LogP contribution is -2.21. The van der Waals surface area contributed by atoms with Gasteiger partial charge in [0.15, 0.2) is 21.3 Å². The molecule has 0 atom stereocenters. The Labute approximate surface area is 168 Å². The number of sulfone groups is 1. The molecule has 0 bridgehead atoms. The third-order valence-corrected chi connectivity index (χ3v) is 5.12. The molecule has 0 unspecified atom stereocenters. The average Bonchev–Trinajstić information content (AvgIpc) is 2.67. The molecule has 150 valence electrons. The second-order valence-corrected chi connectivity index (χ2v) is 8.29. The highest BCUT2D eigenvalue weighted by Gasteiger charge is 2.18. The minimum absolute atomic E-state index is 0.0264. The fourth-order valence-corrected chi connectivity index (χ4v) is 3.45. The van der Waals surface area contributed by atoms with Gasteiger partial charge >= 0.3 is 0 Å². The molecule has 1 aromatic carbocycles. The highest BCUT2D eigenvalue weighted by molar-refractivity contribution is 7.90. The number of pyridine rings is 1. The van der Waals surface area contributed by atoms with E-state index in [-0.39, 0.29) is 10.6 Å². The zero-order chi connectivity index (χ0) is 21.0. The molecule has 3 rings (SSSR count). The molecule has 1 amide bonds. The molecule has 2 aromatic heterocycles. The lowest BCUT2D eigenvalue weighted by atomic mass is 10.2. The number of hydrogen-bond donors (Lipinski definition) is 3. The van der Waals surface area contributed by atoms with Crippen LogP contribution >= 0.6 is 0 Å². The molecular weight excluding hydrogens is 392 g/mol. The number of benzene rings is 1. The van der Waals surface area contributed by atoms with Gasteiger partial charge in [-0.05, 0) is 36.8 Å². The number of amides is 1.